The number of nitrogens with one attached hydrogen (secondary N) is 1. The van der Waals surface area contributed by atoms with Crippen LogP contribution in [-0.4, -0.2) is 19.6 Å². The van der Waals surface area contributed by atoms with Crippen LogP contribution in [0.25, 0.3) is 0 Å². The van der Waals surface area contributed by atoms with Crippen LogP contribution in [0.2, 0.25) is 0 Å². The van der Waals surface area contributed by atoms with Crippen LogP contribution in [0.5, 0.6) is 0 Å². The number of methoxy groups -OCH3 is 1. The zero-order valence-electron chi connectivity index (χ0n) is 11.0. The molecule has 0 radical (unpaired) electrons. The minimum atomic E-state index is -0.861. The van der Waals surface area contributed by atoms with Gasteiger partial charge in [0.1, 0.15) is 0 Å². The molecule has 0 saturated heterocycles. The van der Waals surface area contributed by atoms with Crippen LogP contribution < -0.4 is 5.32 Å². The number of hydrogen-bond acceptors (Lipinski definition) is 3. The molecule has 1 aliphatic rings. The molecule has 1 N–H and O–H groups in total. The van der Waals surface area contributed by atoms with Gasteiger partial charge in [-0.1, -0.05) is 12.1 Å². The van der Waals surface area contributed by atoms with E-state index in [9.17, 15) is 13.6 Å². The third kappa shape index (κ3) is 2.76. The molecule has 0 amide bonds. The van der Waals surface area contributed by atoms with Crippen LogP contribution in [0.1, 0.15) is 31.4 Å². The Morgan fingerprint density at radius 1 is 1.47 bits per heavy atom. The SMILES string of the molecule is COC(=O)C1(CNC(C)c2cccc(F)c2F)CC1. The monoisotopic (exact) mass is 269 g/mol. The fraction of sp³-hybridized carbons (Fsp3) is 0.500. The molecular weight excluding hydrogens is 252 g/mol. The molecule has 104 valence electrons. The van der Waals surface area contributed by atoms with E-state index in [0.29, 0.717) is 6.54 Å². The predicted octanol–water partition coefficient (Wildman–Crippen LogP) is 2.57. The molecular formula is C14H17F2NO2. The van der Waals surface area contributed by atoms with Crippen molar-refractivity contribution in [3.05, 3.63) is 35.4 Å². The first-order valence-electron chi connectivity index (χ1n) is 6.26. The summed E-state index contributed by atoms with van der Waals surface area (Å²) < 4.78 is 31.5. The Balaban J connectivity index is 2.00. The van der Waals surface area contributed by atoms with Crippen molar-refractivity contribution in [2.24, 2.45) is 5.41 Å². The third-order valence-corrected chi connectivity index (χ3v) is 3.67. The lowest BCUT2D eigenvalue weighted by Crippen LogP contribution is -2.33. The van der Waals surface area contributed by atoms with Crippen molar-refractivity contribution in [2.75, 3.05) is 13.7 Å². The summed E-state index contributed by atoms with van der Waals surface area (Å²) in [5, 5.41) is 3.08. The first-order chi connectivity index (χ1) is 9.00. The zero-order valence-corrected chi connectivity index (χ0v) is 11.0. The number of rotatable bonds is 5. The molecule has 1 unspecified atom stereocenters. The van der Waals surface area contributed by atoms with Crippen molar-refractivity contribution >= 4 is 5.97 Å². The van der Waals surface area contributed by atoms with Crippen LogP contribution >= 0.6 is 0 Å². The van der Waals surface area contributed by atoms with Gasteiger partial charge >= 0.3 is 5.97 Å². The van der Waals surface area contributed by atoms with Crippen molar-refractivity contribution in [3.8, 4) is 0 Å². The summed E-state index contributed by atoms with van der Waals surface area (Å²) in [6.07, 6.45) is 1.54. The van der Waals surface area contributed by atoms with Gasteiger partial charge in [0.05, 0.1) is 12.5 Å². The fourth-order valence-corrected chi connectivity index (χ4v) is 2.13. The molecule has 5 heteroatoms. The number of carbonyl (C=O) groups is 1. The summed E-state index contributed by atoms with van der Waals surface area (Å²) in [6, 6.07) is 3.73. The van der Waals surface area contributed by atoms with E-state index >= 15 is 0 Å². The van der Waals surface area contributed by atoms with Crippen LogP contribution in [0.3, 0.4) is 0 Å². The minimum Gasteiger partial charge on any atom is -0.469 e. The standard InChI is InChI=1S/C14H17F2NO2/c1-9(10-4-3-5-11(15)12(10)16)17-8-14(6-7-14)13(18)19-2/h3-5,9,17H,6-8H2,1-2H3. The first kappa shape index (κ1) is 13.9. The van der Waals surface area contributed by atoms with E-state index < -0.39 is 17.0 Å². The second-order valence-corrected chi connectivity index (χ2v) is 5.02. The second kappa shape index (κ2) is 5.25. The Morgan fingerprint density at radius 2 is 2.16 bits per heavy atom. The van der Waals surface area contributed by atoms with E-state index in [-0.39, 0.29) is 17.6 Å². The number of ether oxygens (including phenoxy) is 1. The highest BCUT2D eigenvalue weighted by molar-refractivity contribution is 5.80. The van der Waals surface area contributed by atoms with E-state index in [1.165, 1.54) is 19.2 Å². The minimum absolute atomic E-state index is 0.244. The Bertz CT molecular complexity index is 486. The van der Waals surface area contributed by atoms with Crippen molar-refractivity contribution in [1.82, 2.24) is 5.32 Å². The van der Waals surface area contributed by atoms with E-state index in [2.05, 4.69) is 5.32 Å². The van der Waals surface area contributed by atoms with Gasteiger partial charge in [0.15, 0.2) is 11.6 Å². The highest BCUT2D eigenvalue weighted by atomic mass is 19.2. The molecule has 1 fully saturated rings. The van der Waals surface area contributed by atoms with Crippen molar-refractivity contribution in [2.45, 2.75) is 25.8 Å². The predicted molar refractivity (Wildman–Crippen MR) is 66.5 cm³/mol. The molecule has 19 heavy (non-hydrogen) atoms. The molecule has 1 aromatic carbocycles. The normalized spacial score (nSPS) is 17.9. The molecule has 1 aliphatic carbocycles. The summed E-state index contributed by atoms with van der Waals surface area (Å²) in [5.74, 6) is -1.95. The maximum Gasteiger partial charge on any atom is 0.313 e. The van der Waals surface area contributed by atoms with E-state index in [1.54, 1.807) is 6.92 Å². The molecule has 0 aliphatic heterocycles. The van der Waals surface area contributed by atoms with Crippen molar-refractivity contribution in [3.63, 3.8) is 0 Å². The van der Waals surface area contributed by atoms with Crippen molar-refractivity contribution in [1.29, 1.82) is 0 Å². The van der Waals surface area contributed by atoms with E-state index in [1.807, 2.05) is 0 Å². The van der Waals surface area contributed by atoms with Gasteiger partial charge < -0.3 is 10.1 Å². The van der Waals surface area contributed by atoms with Gasteiger partial charge in [-0.3, -0.25) is 4.79 Å². The van der Waals surface area contributed by atoms with Gasteiger partial charge in [0.25, 0.3) is 0 Å². The van der Waals surface area contributed by atoms with Crippen LogP contribution in [0.15, 0.2) is 18.2 Å². The van der Waals surface area contributed by atoms with Crippen LogP contribution in [-0.2, 0) is 9.53 Å². The molecule has 0 bridgehead atoms. The molecule has 1 aromatic rings. The lowest BCUT2D eigenvalue weighted by atomic mass is 10.0. The van der Waals surface area contributed by atoms with E-state index in [0.717, 1.165) is 18.9 Å². The second-order valence-electron chi connectivity index (χ2n) is 5.02. The van der Waals surface area contributed by atoms with Crippen LogP contribution in [0, 0.1) is 17.0 Å². The maximum absolute atomic E-state index is 13.6. The summed E-state index contributed by atoms with van der Waals surface area (Å²) >= 11 is 0. The molecule has 3 nitrogen and oxygen atoms in total. The Morgan fingerprint density at radius 3 is 2.74 bits per heavy atom. The number of benzene rings is 1. The highest BCUT2D eigenvalue weighted by Gasteiger charge is 2.50. The fourth-order valence-electron chi connectivity index (χ4n) is 2.13. The third-order valence-electron chi connectivity index (χ3n) is 3.67. The first-order valence-corrected chi connectivity index (χ1v) is 6.26. The largest absolute Gasteiger partial charge is 0.469 e. The van der Waals surface area contributed by atoms with Gasteiger partial charge in [-0.05, 0) is 25.8 Å². The van der Waals surface area contributed by atoms with E-state index in [4.69, 9.17) is 4.74 Å². The molecule has 0 spiro atoms. The summed E-state index contributed by atoms with van der Waals surface area (Å²) in [7, 11) is 1.36. The zero-order chi connectivity index (χ0) is 14.0. The molecule has 0 heterocycles. The molecule has 1 saturated carbocycles. The number of hydrogen-bond donors (Lipinski definition) is 1. The number of carbonyl (C=O) groups excluding carboxylic acids is 1. The van der Waals surface area contributed by atoms with Gasteiger partial charge in [0, 0.05) is 18.2 Å². The average molecular weight is 269 g/mol. The molecule has 2 rings (SSSR count). The number of halogens is 2. The summed E-state index contributed by atoms with van der Waals surface area (Å²) in [4.78, 5) is 11.6. The summed E-state index contributed by atoms with van der Waals surface area (Å²) in [5.41, 5.74) is -0.215. The lowest BCUT2D eigenvalue weighted by molar-refractivity contribution is -0.146. The topological polar surface area (TPSA) is 38.3 Å². The Kier molecular flexibility index (Phi) is 3.85. The van der Waals surface area contributed by atoms with Gasteiger partial charge in [-0.25, -0.2) is 8.78 Å². The van der Waals surface area contributed by atoms with Crippen LogP contribution in [0.4, 0.5) is 8.78 Å². The molecule has 1 atom stereocenters. The maximum atomic E-state index is 13.6. The van der Waals surface area contributed by atoms with Crippen molar-refractivity contribution < 1.29 is 18.3 Å². The lowest BCUT2D eigenvalue weighted by Gasteiger charge is -2.19. The summed E-state index contributed by atoms with van der Waals surface area (Å²) in [6.45, 7) is 2.15. The Labute approximate surface area is 111 Å². The highest BCUT2D eigenvalue weighted by Crippen LogP contribution is 2.46. The average Bonchev–Trinajstić information content (AvgIpc) is 3.19. The number of esters is 1. The van der Waals surface area contributed by atoms with Gasteiger partial charge in [-0.2, -0.15) is 0 Å². The van der Waals surface area contributed by atoms with Gasteiger partial charge in [-0.15, -0.1) is 0 Å². The van der Waals surface area contributed by atoms with Gasteiger partial charge in [0.2, 0.25) is 0 Å². The smallest absolute Gasteiger partial charge is 0.313 e. The quantitative estimate of drug-likeness (QED) is 0.835. The Hall–Kier alpha value is -1.49. The molecule has 0 aromatic heterocycles.